The topological polar surface area (TPSA) is 18.5 Å². The Kier molecular flexibility index (Phi) is 10.9. The largest absolute Gasteiger partial charge is 0.407 e. The number of rotatable bonds is 14. The van der Waals surface area contributed by atoms with Crippen molar-refractivity contribution in [3.8, 4) is 0 Å². The van der Waals surface area contributed by atoms with Gasteiger partial charge in [-0.3, -0.25) is 0 Å². The van der Waals surface area contributed by atoms with Crippen LogP contribution in [-0.4, -0.2) is 27.2 Å². The summed E-state index contributed by atoms with van der Waals surface area (Å²) in [6, 6.07) is 20.8. The summed E-state index contributed by atoms with van der Waals surface area (Å²) in [4.78, 5) is 0. The molecule has 0 spiro atoms. The molecule has 1 unspecified atom stereocenters. The molecule has 28 heavy (non-hydrogen) atoms. The van der Waals surface area contributed by atoms with Crippen LogP contribution in [0.1, 0.15) is 58.8 Å². The first kappa shape index (κ1) is 23.1. The molecule has 2 nitrogen and oxygen atoms in total. The second-order valence-electron chi connectivity index (χ2n) is 7.41. The molecule has 0 heterocycles. The predicted molar refractivity (Wildman–Crippen MR) is 123 cm³/mol. The highest BCUT2D eigenvalue weighted by atomic mass is 35.5. The number of benzene rings is 2. The van der Waals surface area contributed by atoms with Crippen LogP contribution < -0.4 is 10.4 Å². The Balaban J connectivity index is 2.10. The molecule has 0 amide bonds. The average molecular weight is 419 g/mol. The zero-order valence-electron chi connectivity index (χ0n) is 17.4. The molecule has 0 saturated carbocycles. The zero-order chi connectivity index (χ0) is 20.1. The number of alkyl halides is 1. The van der Waals surface area contributed by atoms with Crippen LogP contribution in [0.25, 0.3) is 0 Å². The van der Waals surface area contributed by atoms with Gasteiger partial charge in [-0.05, 0) is 23.7 Å². The van der Waals surface area contributed by atoms with Crippen molar-refractivity contribution in [2.75, 3.05) is 13.2 Å². The number of unbranched alkanes of at least 4 members (excludes halogenated alkanes) is 6. The monoisotopic (exact) mass is 418 g/mol. The van der Waals surface area contributed by atoms with E-state index in [2.05, 4.69) is 55.5 Å². The molecule has 0 N–H and O–H groups in total. The van der Waals surface area contributed by atoms with Crippen LogP contribution in [0.2, 0.25) is 0 Å². The van der Waals surface area contributed by atoms with Gasteiger partial charge in [0.15, 0.2) is 0 Å². The summed E-state index contributed by atoms with van der Waals surface area (Å²) in [6.45, 7) is 5.43. The Bertz CT molecular complexity index is 594. The van der Waals surface area contributed by atoms with Gasteiger partial charge in [0, 0.05) is 6.61 Å². The van der Waals surface area contributed by atoms with Gasteiger partial charge in [0.05, 0.1) is 12.0 Å². The van der Waals surface area contributed by atoms with Gasteiger partial charge in [-0.25, -0.2) is 0 Å². The molecular weight excluding hydrogens is 384 g/mol. The Morgan fingerprint density at radius 1 is 0.750 bits per heavy atom. The van der Waals surface area contributed by atoms with Crippen molar-refractivity contribution in [1.82, 2.24) is 0 Å². The molecule has 154 valence electrons. The fourth-order valence-corrected chi connectivity index (χ4v) is 6.80. The van der Waals surface area contributed by atoms with Gasteiger partial charge in [-0.15, -0.1) is 11.6 Å². The average Bonchev–Trinajstić information content (AvgIpc) is 2.73. The van der Waals surface area contributed by atoms with Gasteiger partial charge in [0.2, 0.25) is 0 Å². The van der Waals surface area contributed by atoms with E-state index in [0.717, 1.165) is 23.4 Å². The van der Waals surface area contributed by atoms with E-state index < -0.39 is 8.56 Å². The highest BCUT2D eigenvalue weighted by Crippen LogP contribution is 2.14. The summed E-state index contributed by atoms with van der Waals surface area (Å²) in [5.74, 6) is 0. The van der Waals surface area contributed by atoms with Crippen molar-refractivity contribution >= 4 is 30.5 Å². The Morgan fingerprint density at radius 2 is 1.25 bits per heavy atom. The van der Waals surface area contributed by atoms with E-state index in [1.54, 1.807) is 0 Å². The Labute approximate surface area is 177 Å². The SMILES string of the molecule is CCCCCCCCCO[Si](OCC(C)Cl)(c1ccccc1)c1ccccc1. The van der Waals surface area contributed by atoms with Gasteiger partial charge in [-0.1, -0.05) is 106 Å². The standard InChI is InChI=1S/C24H35ClO2Si/c1-3-4-5-6-7-8-15-20-26-28(27-21-22(2)25,23-16-11-9-12-17-23)24-18-13-10-14-19-24/h9-14,16-19,22H,3-8,15,20-21H2,1-2H3. The summed E-state index contributed by atoms with van der Waals surface area (Å²) in [5.41, 5.74) is 0. The van der Waals surface area contributed by atoms with E-state index in [1.807, 2.05) is 19.1 Å². The molecule has 0 aliphatic heterocycles. The van der Waals surface area contributed by atoms with Crippen LogP contribution >= 0.6 is 11.6 Å². The summed E-state index contributed by atoms with van der Waals surface area (Å²) < 4.78 is 13.1. The van der Waals surface area contributed by atoms with Crippen LogP contribution in [0, 0.1) is 0 Å². The first-order valence-electron chi connectivity index (χ1n) is 10.7. The maximum atomic E-state index is 6.64. The third-order valence-electron chi connectivity index (χ3n) is 4.88. The molecule has 0 radical (unpaired) electrons. The minimum atomic E-state index is -2.78. The van der Waals surface area contributed by atoms with E-state index in [4.69, 9.17) is 20.5 Å². The molecule has 2 aromatic rings. The molecular formula is C24H35ClO2Si. The van der Waals surface area contributed by atoms with Crippen LogP contribution in [0.3, 0.4) is 0 Å². The molecule has 0 aliphatic carbocycles. The first-order valence-corrected chi connectivity index (χ1v) is 13.0. The van der Waals surface area contributed by atoms with Crippen LogP contribution in [0.5, 0.6) is 0 Å². The summed E-state index contributed by atoms with van der Waals surface area (Å²) in [5, 5.41) is 2.23. The van der Waals surface area contributed by atoms with Gasteiger partial charge >= 0.3 is 8.56 Å². The molecule has 2 aromatic carbocycles. The molecule has 0 fully saturated rings. The molecule has 0 aromatic heterocycles. The van der Waals surface area contributed by atoms with Crippen molar-refractivity contribution in [2.24, 2.45) is 0 Å². The highest BCUT2D eigenvalue weighted by molar-refractivity contribution is 6.92. The number of hydrogen-bond donors (Lipinski definition) is 0. The fraction of sp³-hybridized carbons (Fsp3) is 0.500. The van der Waals surface area contributed by atoms with Gasteiger partial charge in [0.25, 0.3) is 0 Å². The Morgan fingerprint density at radius 3 is 1.75 bits per heavy atom. The van der Waals surface area contributed by atoms with Crippen molar-refractivity contribution in [3.63, 3.8) is 0 Å². The van der Waals surface area contributed by atoms with Crippen molar-refractivity contribution in [2.45, 2.75) is 64.2 Å². The maximum Gasteiger partial charge on any atom is 0.407 e. The third kappa shape index (κ3) is 7.36. The quantitative estimate of drug-likeness (QED) is 0.224. The van der Waals surface area contributed by atoms with Crippen molar-refractivity contribution in [1.29, 1.82) is 0 Å². The van der Waals surface area contributed by atoms with E-state index in [0.29, 0.717) is 6.61 Å². The van der Waals surface area contributed by atoms with E-state index in [-0.39, 0.29) is 5.38 Å². The third-order valence-corrected chi connectivity index (χ3v) is 8.37. The van der Waals surface area contributed by atoms with Gasteiger partial charge in [-0.2, -0.15) is 0 Å². The summed E-state index contributed by atoms with van der Waals surface area (Å²) in [6.07, 6.45) is 8.88. The molecule has 1 atom stereocenters. The summed E-state index contributed by atoms with van der Waals surface area (Å²) in [7, 11) is -2.78. The minimum Gasteiger partial charge on any atom is -0.388 e. The van der Waals surface area contributed by atoms with Crippen LogP contribution in [0.4, 0.5) is 0 Å². The zero-order valence-corrected chi connectivity index (χ0v) is 19.2. The molecule has 4 heteroatoms. The van der Waals surface area contributed by atoms with Gasteiger partial charge in [0.1, 0.15) is 0 Å². The minimum absolute atomic E-state index is 0.0542. The molecule has 0 saturated heterocycles. The summed E-state index contributed by atoms with van der Waals surface area (Å²) >= 11 is 6.24. The van der Waals surface area contributed by atoms with Crippen molar-refractivity contribution in [3.05, 3.63) is 60.7 Å². The number of halogens is 1. The van der Waals surface area contributed by atoms with E-state index in [9.17, 15) is 0 Å². The molecule has 0 bridgehead atoms. The maximum absolute atomic E-state index is 6.64. The van der Waals surface area contributed by atoms with Crippen LogP contribution in [-0.2, 0) is 8.85 Å². The molecule has 2 rings (SSSR count). The second kappa shape index (κ2) is 13.2. The fourth-order valence-electron chi connectivity index (χ4n) is 3.36. The predicted octanol–water partition coefficient (Wildman–Crippen LogP) is 5.65. The first-order chi connectivity index (χ1) is 13.7. The Hall–Kier alpha value is -1.13. The van der Waals surface area contributed by atoms with E-state index >= 15 is 0 Å². The number of hydrogen-bond acceptors (Lipinski definition) is 2. The smallest absolute Gasteiger partial charge is 0.388 e. The van der Waals surface area contributed by atoms with Crippen molar-refractivity contribution < 1.29 is 8.85 Å². The lowest BCUT2D eigenvalue weighted by atomic mass is 10.1. The van der Waals surface area contributed by atoms with E-state index in [1.165, 1.54) is 38.5 Å². The second-order valence-corrected chi connectivity index (χ2v) is 11.1. The lowest BCUT2D eigenvalue weighted by molar-refractivity contribution is 0.189. The van der Waals surface area contributed by atoms with Crippen LogP contribution in [0.15, 0.2) is 60.7 Å². The lowest BCUT2D eigenvalue weighted by Gasteiger charge is -2.32. The highest BCUT2D eigenvalue weighted by Gasteiger charge is 2.42. The molecule has 0 aliphatic rings. The van der Waals surface area contributed by atoms with Gasteiger partial charge < -0.3 is 8.85 Å². The lowest BCUT2D eigenvalue weighted by Crippen LogP contribution is -2.64. The normalized spacial score (nSPS) is 12.8.